The van der Waals surface area contributed by atoms with Crippen LogP contribution < -0.4 is 10.2 Å². The standard InChI is InChI=1S/C28H25N3O4/c32-24-16-20(18-7-2-1-3-8-18)15-22-27(24)28(19-9-6-14-29-17-19)31(25(33)12-13-26(34)35)23-11-5-4-10-21(23)30-22/h1-11,14-15,17,20,27-28,30H,12-13,16H2,(H,34,35). The van der Waals surface area contributed by atoms with Gasteiger partial charge in [0, 0.05) is 36.9 Å². The van der Waals surface area contributed by atoms with E-state index in [1.807, 2.05) is 60.7 Å². The number of anilines is 2. The number of carboxylic acids is 1. The fourth-order valence-electron chi connectivity index (χ4n) is 5.04. The zero-order chi connectivity index (χ0) is 24.4. The zero-order valence-electron chi connectivity index (χ0n) is 19.0. The molecule has 35 heavy (non-hydrogen) atoms. The quantitative estimate of drug-likeness (QED) is 0.564. The number of carbonyl (C=O) groups is 3. The monoisotopic (exact) mass is 467 g/mol. The van der Waals surface area contributed by atoms with Crippen molar-refractivity contribution in [2.24, 2.45) is 5.92 Å². The number of Topliss-reactive ketones (excluding diaryl/α,β-unsaturated/α-hetero) is 1. The number of fused-ring (bicyclic) bond motifs is 2. The summed E-state index contributed by atoms with van der Waals surface area (Å²) in [5.41, 5.74) is 3.82. The molecule has 0 spiro atoms. The van der Waals surface area contributed by atoms with Crippen LogP contribution in [0.5, 0.6) is 0 Å². The first-order valence-electron chi connectivity index (χ1n) is 11.6. The van der Waals surface area contributed by atoms with E-state index in [0.29, 0.717) is 17.8 Å². The van der Waals surface area contributed by atoms with Gasteiger partial charge in [0.15, 0.2) is 0 Å². The van der Waals surface area contributed by atoms with Crippen LogP contribution in [0, 0.1) is 5.92 Å². The molecule has 0 radical (unpaired) electrons. The molecule has 3 aromatic rings. The highest BCUT2D eigenvalue weighted by Crippen LogP contribution is 2.47. The van der Waals surface area contributed by atoms with Gasteiger partial charge in [0.2, 0.25) is 5.91 Å². The molecule has 0 fully saturated rings. The molecule has 5 rings (SSSR count). The lowest BCUT2D eigenvalue weighted by Gasteiger charge is -2.37. The summed E-state index contributed by atoms with van der Waals surface area (Å²) in [4.78, 5) is 44.4. The molecule has 3 atom stereocenters. The number of nitrogens with zero attached hydrogens (tertiary/aromatic N) is 2. The largest absolute Gasteiger partial charge is 0.481 e. The molecule has 2 heterocycles. The average Bonchev–Trinajstić information content (AvgIpc) is 3.03. The van der Waals surface area contributed by atoms with Crippen LogP contribution in [-0.2, 0) is 14.4 Å². The molecule has 1 aromatic heterocycles. The van der Waals surface area contributed by atoms with Gasteiger partial charge in [-0.3, -0.25) is 19.4 Å². The van der Waals surface area contributed by atoms with Crippen molar-refractivity contribution in [1.82, 2.24) is 4.98 Å². The minimum atomic E-state index is -1.04. The molecular formula is C28H25N3O4. The number of hydrogen-bond donors (Lipinski definition) is 2. The summed E-state index contributed by atoms with van der Waals surface area (Å²) in [5.74, 6) is -2.10. The van der Waals surface area contributed by atoms with E-state index in [2.05, 4.69) is 16.4 Å². The molecule has 3 unspecified atom stereocenters. The summed E-state index contributed by atoms with van der Waals surface area (Å²) in [6.45, 7) is 0. The molecule has 2 N–H and O–H groups in total. The fourth-order valence-corrected chi connectivity index (χ4v) is 5.04. The molecule has 0 saturated carbocycles. The third kappa shape index (κ3) is 4.45. The Bertz CT molecular complexity index is 1290. The Morgan fingerprint density at radius 2 is 1.71 bits per heavy atom. The number of aliphatic carboxylic acids is 1. The summed E-state index contributed by atoms with van der Waals surface area (Å²) in [7, 11) is 0. The van der Waals surface area contributed by atoms with Crippen LogP contribution in [0.1, 0.15) is 42.3 Å². The van der Waals surface area contributed by atoms with Gasteiger partial charge in [0.25, 0.3) is 0 Å². The highest BCUT2D eigenvalue weighted by Gasteiger charge is 2.45. The molecule has 1 aliphatic carbocycles. The molecule has 1 aliphatic heterocycles. The number of aromatic nitrogens is 1. The topological polar surface area (TPSA) is 99.6 Å². The van der Waals surface area contributed by atoms with Crippen LogP contribution in [0.15, 0.2) is 90.9 Å². The maximum atomic E-state index is 13.8. The number of hydrogen-bond acceptors (Lipinski definition) is 5. The number of amides is 1. The molecule has 2 aromatic carbocycles. The molecule has 1 amide bonds. The maximum absolute atomic E-state index is 13.8. The Balaban J connectivity index is 1.68. The van der Waals surface area contributed by atoms with Crippen molar-refractivity contribution in [3.8, 4) is 0 Å². The van der Waals surface area contributed by atoms with E-state index in [4.69, 9.17) is 0 Å². The number of pyridine rings is 1. The van der Waals surface area contributed by atoms with Crippen LogP contribution in [-0.4, -0.2) is 27.8 Å². The van der Waals surface area contributed by atoms with E-state index in [0.717, 1.165) is 16.8 Å². The first kappa shape index (κ1) is 22.5. The van der Waals surface area contributed by atoms with E-state index >= 15 is 0 Å². The van der Waals surface area contributed by atoms with Gasteiger partial charge in [0.05, 0.1) is 29.8 Å². The van der Waals surface area contributed by atoms with Gasteiger partial charge in [-0.05, 0) is 29.3 Å². The molecular weight excluding hydrogens is 442 g/mol. The van der Waals surface area contributed by atoms with Crippen molar-refractivity contribution in [1.29, 1.82) is 0 Å². The number of allylic oxidation sites excluding steroid dienone is 1. The Hall–Kier alpha value is -4.26. The van der Waals surface area contributed by atoms with Crippen LogP contribution in [0.3, 0.4) is 0 Å². The molecule has 2 aliphatic rings. The van der Waals surface area contributed by atoms with E-state index < -0.39 is 17.9 Å². The lowest BCUT2D eigenvalue weighted by Crippen LogP contribution is -2.42. The van der Waals surface area contributed by atoms with Crippen molar-refractivity contribution in [3.63, 3.8) is 0 Å². The van der Waals surface area contributed by atoms with E-state index in [1.165, 1.54) is 0 Å². The van der Waals surface area contributed by atoms with Gasteiger partial charge in [-0.25, -0.2) is 0 Å². The van der Waals surface area contributed by atoms with E-state index in [9.17, 15) is 19.5 Å². The summed E-state index contributed by atoms with van der Waals surface area (Å²) in [6, 6.07) is 20.3. The van der Waals surface area contributed by atoms with Gasteiger partial charge in [-0.1, -0.05) is 54.6 Å². The van der Waals surface area contributed by atoms with Crippen molar-refractivity contribution < 1.29 is 19.5 Å². The highest BCUT2D eigenvalue weighted by molar-refractivity contribution is 6.02. The lowest BCUT2D eigenvalue weighted by molar-refractivity contribution is -0.138. The number of nitrogens with one attached hydrogen (secondary N) is 1. The maximum Gasteiger partial charge on any atom is 0.303 e. The van der Waals surface area contributed by atoms with Crippen molar-refractivity contribution in [2.75, 3.05) is 10.2 Å². The lowest BCUT2D eigenvalue weighted by atomic mass is 9.76. The second kappa shape index (κ2) is 9.54. The van der Waals surface area contributed by atoms with Crippen LogP contribution >= 0.6 is 0 Å². The van der Waals surface area contributed by atoms with Crippen LogP contribution in [0.25, 0.3) is 0 Å². The van der Waals surface area contributed by atoms with Crippen LogP contribution in [0.4, 0.5) is 11.4 Å². The summed E-state index contributed by atoms with van der Waals surface area (Å²) >= 11 is 0. The number of rotatable bonds is 5. The van der Waals surface area contributed by atoms with Crippen LogP contribution in [0.2, 0.25) is 0 Å². The molecule has 7 nitrogen and oxygen atoms in total. The normalized spacial score (nSPS) is 21.1. The van der Waals surface area contributed by atoms with Gasteiger partial charge in [0.1, 0.15) is 5.78 Å². The molecule has 176 valence electrons. The Morgan fingerprint density at radius 1 is 0.971 bits per heavy atom. The smallest absolute Gasteiger partial charge is 0.303 e. The predicted octanol–water partition coefficient (Wildman–Crippen LogP) is 4.70. The zero-order valence-corrected chi connectivity index (χ0v) is 19.0. The summed E-state index contributed by atoms with van der Waals surface area (Å²) in [5, 5.41) is 12.7. The SMILES string of the molecule is O=C(O)CCC(=O)N1c2ccccc2NC2=CC(c3ccccc3)CC(=O)C2C1c1cccnc1. The minimum Gasteiger partial charge on any atom is -0.481 e. The number of ketones is 1. The van der Waals surface area contributed by atoms with Gasteiger partial charge >= 0.3 is 5.97 Å². The van der Waals surface area contributed by atoms with Gasteiger partial charge in [-0.2, -0.15) is 0 Å². The van der Waals surface area contributed by atoms with E-state index in [-0.39, 0.29) is 30.4 Å². The van der Waals surface area contributed by atoms with Crippen molar-refractivity contribution >= 4 is 29.0 Å². The third-order valence-corrected chi connectivity index (χ3v) is 6.60. The van der Waals surface area contributed by atoms with Gasteiger partial charge < -0.3 is 15.3 Å². The molecule has 0 bridgehead atoms. The average molecular weight is 468 g/mol. The van der Waals surface area contributed by atoms with Crippen molar-refractivity contribution in [3.05, 3.63) is 102 Å². The van der Waals surface area contributed by atoms with Gasteiger partial charge in [-0.15, -0.1) is 0 Å². The fraction of sp³-hybridized carbons (Fsp3) is 0.214. The third-order valence-electron chi connectivity index (χ3n) is 6.60. The summed E-state index contributed by atoms with van der Waals surface area (Å²) < 4.78 is 0. The second-order valence-corrected chi connectivity index (χ2v) is 8.82. The van der Waals surface area contributed by atoms with Crippen molar-refractivity contribution in [2.45, 2.75) is 31.2 Å². The number of carbonyl (C=O) groups excluding carboxylic acids is 2. The number of para-hydroxylation sites is 2. The Labute approximate surface area is 203 Å². The molecule has 0 saturated heterocycles. The Morgan fingerprint density at radius 3 is 2.46 bits per heavy atom. The Kier molecular flexibility index (Phi) is 6.14. The first-order valence-corrected chi connectivity index (χ1v) is 11.6. The highest BCUT2D eigenvalue weighted by atomic mass is 16.4. The van der Waals surface area contributed by atoms with E-state index in [1.54, 1.807) is 23.4 Å². The second-order valence-electron chi connectivity index (χ2n) is 8.82. The summed E-state index contributed by atoms with van der Waals surface area (Å²) in [6.07, 6.45) is 5.25. The first-order chi connectivity index (χ1) is 17.0. The number of carboxylic acid groups (broad SMARTS) is 1. The predicted molar refractivity (Wildman–Crippen MR) is 132 cm³/mol. The number of benzene rings is 2. The molecule has 7 heteroatoms. The minimum absolute atomic E-state index is 0.0153.